The molecule has 6 nitrogen and oxygen atoms in total. The fraction of sp³-hybridized carbons (Fsp3) is 0.368. The maximum atomic E-state index is 12.6. The summed E-state index contributed by atoms with van der Waals surface area (Å²) in [5.74, 6) is 1.34. The van der Waals surface area contributed by atoms with E-state index < -0.39 is 0 Å². The van der Waals surface area contributed by atoms with Gasteiger partial charge >= 0.3 is 0 Å². The lowest BCUT2D eigenvalue weighted by Crippen LogP contribution is -2.18. The van der Waals surface area contributed by atoms with Crippen LogP contribution < -0.4 is 20.3 Å². The van der Waals surface area contributed by atoms with Gasteiger partial charge in [-0.3, -0.25) is 9.20 Å². The van der Waals surface area contributed by atoms with Gasteiger partial charge in [-0.05, 0) is 37.8 Å². The Morgan fingerprint density at radius 1 is 1.15 bits per heavy atom. The van der Waals surface area contributed by atoms with E-state index >= 15 is 0 Å². The van der Waals surface area contributed by atoms with Gasteiger partial charge in [0.15, 0.2) is 16.5 Å². The first-order chi connectivity index (χ1) is 12.7. The van der Waals surface area contributed by atoms with Crippen LogP contribution in [0.1, 0.15) is 29.1 Å². The van der Waals surface area contributed by atoms with Crippen molar-refractivity contribution in [3.05, 3.63) is 50.9 Å². The average molecular weight is 371 g/mol. The topological polar surface area (TPSA) is 64.9 Å². The number of aromatic nitrogens is 2. The second-order valence-electron chi connectivity index (χ2n) is 6.31. The van der Waals surface area contributed by atoms with Crippen LogP contribution in [0.4, 0.5) is 5.69 Å². The zero-order valence-electron chi connectivity index (χ0n) is 14.9. The second-order valence-corrected chi connectivity index (χ2v) is 7.37. The largest absolute Gasteiger partial charge is 0.493 e. The minimum absolute atomic E-state index is 0.0125. The first-order valence-corrected chi connectivity index (χ1v) is 9.50. The summed E-state index contributed by atoms with van der Waals surface area (Å²) in [5.41, 5.74) is 2.80. The van der Waals surface area contributed by atoms with Crippen LogP contribution >= 0.6 is 11.3 Å². The maximum absolute atomic E-state index is 12.6. The SMILES string of the molecule is COc1ccc(NCc2cc(=O)n3c4c(sc3n2)CCCC4)cc1OC. The number of hydrogen-bond acceptors (Lipinski definition) is 6. The van der Waals surface area contributed by atoms with E-state index in [0.29, 0.717) is 18.0 Å². The second kappa shape index (κ2) is 6.99. The molecule has 0 saturated heterocycles. The smallest absolute Gasteiger partial charge is 0.259 e. The van der Waals surface area contributed by atoms with Gasteiger partial charge in [-0.15, -0.1) is 11.3 Å². The normalized spacial score (nSPS) is 13.5. The number of nitrogens with zero attached hydrogens (tertiary/aromatic N) is 2. The Bertz CT molecular complexity index is 1010. The molecule has 1 N–H and O–H groups in total. The molecule has 0 bridgehead atoms. The van der Waals surface area contributed by atoms with Crippen LogP contribution in [0.15, 0.2) is 29.1 Å². The lowest BCUT2D eigenvalue weighted by molar-refractivity contribution is 0.355. The molecule has 0 saturated carbocycles. The third-order valence-electron chi connectivity index (χ3n) is 4.67. The van der Waals surface area contributed by atoms with Crippen LogP contribution in [0.25, 0.3) is 4.96 Å². The Morgan fingerprint density at radius 2 is 1.96 bits per heavy atom. The Labute approximate surface area is 155 Å². The van der Waals surface area contributed by atoms with E-state index in [9.17, 15) is 4.79 Å². The molecule has 0 spiro atoms. The van der Waals surface area contributed by atoms with Gasteiger partial charge < -0.3 is 14.8 Å². The summed E-state index contributed by atoms with van der Waals surface area (Å²) >= 11 is 1.65. The molecule has 0 amide bonds. The molecular weight excluding hydrogens is 350 g/mol. The molecule has 1 aromatic carbocycles. The van der Waals surface area contributed by atoms with Crippen LogP contribution in [-0.4, -0.2) is 23.6 Å². The number of nitrogens with one attached hydrogen (secondary N) is 1. The van der Waals surface area contributed by atoms with Crippen molar-refractivity contribution in [2.24, 2.45) is 0 Å². The average Bonchev–Trinajstić information content (AvgIpc) is 3.05. The van der Waals surface area contributed by atoms with Crippen molar-refractivity contribution in [3.8, 4) is 11.5 Å². The minimum atomic E-state index is 0.0125. The van der Waals surface area contributed by atoms with Gasteiger partial charge in [-0.2, -0.15) is 0 Å². The Kier molecular flexibility index (Phi) is 4.55. The van der Waals surface area contributed by atoms with Gasteiger partial charge in [0.1, 0.15) is 0 Å². The molecule has 7 heteroatoms. The number of aryl methyl sites for hydroxylation is 2. The van der Waals surface area contributed by atoms with Crippen molar-refractivity contribution in [2.75, 3.05) is 19.5 Å². The lowest BCUT2D eigenvalue weighted by atomic mass is 10.0. The van der Waals surface area contributed by atoms with Crippen molar-refractivity contribution in [1.29, 1.82) is 0 Å². The number of ether oxygens (including phenoxy) is 2. The van der Waals surface area contributed by atoms with Crippen LogP contribution in [-0.2, 0) is 19.4 Å². The van der Waals surface area contributed by atoms with Crippen LogP contribution in [0.2, 0.25) is 0 Å². The molecule has 0 radical (unpaired) electrons. The van der Waals surface area contributed by atoms with Gasteiger partial charge in [0.2, 0.25) is 0 Å². The highest BCUT2D eigenvalue weighted by atomic mass is 32.1. The summed E-state index contributed by atoms with van der Waals surface area (Å²) in [6.45, 7) is 0.476. The van der Waals surface area contributed by atoms with Crippen LogP contribution in [0.5, 0.6) is 11.5 Å². The summed E-state index contributed by atoms with van der Waals surface area (Å²) in [5, 5.41) is 3.30. The summed E-state index contributed by atoms with van der Waals surface area (Å²) in [6.07, 6.45) is 4.37. The lowest BCUT2D eigenvalue weighted by Gasteiger charge is -2.11. The fourth-order valence-corrected chi connectivity index (χ4v) is 4.60. The number of hydrogen-bond donors (Lipinski definition) is 1. The molecule has 1 aliphatic rings. The standard InChI is InChI=1S/C19H21N3O3S/c1-24-15-8-7-12(9-16(15)25-2)20-11-13-10-18(23)22-14-5-3-4-6-17(14)26-19(22)21-13/h7-10,20H,3-6,11H2,1-2H3. The number of fused-ring (bicyclic) bond motifs is 3. The minimum Gasteiger partial charge on any atom is -0.493 e. The first kappa shape index (κ1) is 16.9. The van der Waals surface area contributed by atoms with Crippen molar-refractivity contribution in [3.63, 3.8) is 0 Å². The number of anilines is 1. The van der Waals surface area contributed by atoms with E-state index in [0.717, 1.165) is 41.3 Å². The summed E-state index contributed by atoms with van der Waals surface area (Å²) in [6, 6.07) is 7.26. The third kappa shape index (κ3) is 3.03. The monoisotopic (exact) mass is 371 g/mol. The van der Waals surface area contributed by atoms with Gasteiger partial charge in [0.05, 0.1) is 26.5 Å². The number of benzene rings is 1. The fourth-order valence-electron chi connectivity index (χ4n) is 3.37. The molecule has 2 heterocycles. The molecule has 26 heavy (non-hydrogen) atoms. The summed E-state index contributed by atoms with van der Waals surface area (Å²) < 4.78 is 12.4. The molecule has 0 unspecified atom stereocenters. The predicted molar refractivity (Wildman–Crippen MR) is 103 cm³/mol. The highest BCUT2D eigenvalue weighted by molar-refractivity contribution is 7.17. The summed E-state index contributed by atoms with van der Waals surface area (Å²) in [7, 11) is 3.22. The number of thiazole rings is 1. The van der Waals surface area contributed by atoms with E-state index in [1.165, 1.54) is 11.3 Å². The van der Waals surface area contributed by atoms with E-state index in [-0.39, 0.29) is 5.56 Å². The van der Waals surface area contributed by atoms with Gasteiger partial charge in [0, 0.05) is 28.4 Å². The Morgan fingerprint density at radius 3 is 2.77 bits per heavy atom. The highest BCUT2D eigenvalue weighted by Crippen LogP contribution is 2.30. The van der Waals surface area contributed by atoms with Gasteiger partial charge in [-0.1, -0.05) is 0 Å². The number of methoxy groups -OCH3 is 2. The maximum Gasteiger partial charge on any atom is 0.259 e. The Balaban J connectivity index is 1.59. The van der Waals surface area contributed by atoms with E-state index in [4.69, 9.17) is 14.5 Å². The molecule has 0 atom stereocenters. The molecule has 4 rings (SSSR count). The van der Waals surface area contributed by atoms with Crippen LogP contribution in [0, 0.1) is 0 Å². The van der Waals surface area contributed by atoms with Crippen molar-refractivity contribution in [2.45, 2.75) is 32.2 Å². The summed E-state index contributed by atoms with van der Waals surface area (Å²) in [4.78, 5) is 19.4. The van der Waals surface area contributed by atoms with E-state index in [1.54, 1.807) is 36.0 Å². The quantitative estimate of drug-likeness (QED) is 0.746. The molecule has 136 valence electrons. The first-order valence-electron chi connectivity index (χ1n) is 8.68. The zero-order valence-corrected chi connectivity index (χ0v) is 15.7. The Hall–Kier alpha value is -2.54. The zero-order chi connectivity index (χ0) is 18.1. The van der Waals surface area contributed by atoms with Crippen molar-refractivity contribution >= 4 is 22.0 Å². The molecule has 2 aromatic heterocycles. The molecule has 3 aromatic rings. The van der Waals surface area contributed by atoms with Crippen molar-refractivity contribution < 1.29 is 9.47 Å². The van der Waals surface area contributed by atoms with Gasteiger partial charge in [0.25, 0.3) is 5.56 Å². The molecule has 0 aliphatic heterocycles. The van der Waals surface area contributed by atoms with Crippen LogP contribution in [0.3, 0.4) is 0 Å². The van der Waals surface area contributed by atoms with E-state index in [2.05, 4.69) is 5.32 Å². The molecular formula is C19H21N3O3S. The molecule has 1 aliphatic carbocycles. The molecule has 0 fully saturated rings. The van der Waals surface area contributed by atoms with Gasteiger partial charge in [-0.25, -0.2) is 4.98 Å². The van der Waals surface area contributed by atoms with E-state index in [1.807, 2.05) is 18.2 Å². The predicted octanol–water partition coefficient (Wildman–Crippen LogP) is 3.26. The number of rotatable bonds is 5. The third-order valence-corrected chi connectivity index (χ3v) is 5.81. The van der Waals surface area contributed by atoms with Crippen molar-refractivity contribution in [1.82, 2.24) is 9.38 Å². The highest BCUT2D eigenvalue weighted by Gasteiger charge is 2.18.